The second kappa shape index (κ2) is 5.33. The van der Waals surface area contributed by atoms with Gasteiger partial charge in [-0.25, -0.2) is 0 Å². The van der Waals surface area contributed by atoms with E-state index in [4.69, 9.17) is 0 Å². The van der Waals surface area contributed by atoms with E-state index in [0.29, 0.717) is 6.54 Å². The van der Waals surface area contributed by atoms with Crippen molar-refractivity contribution in [2.24, 2.45) is 0 Å². The van der Waals surface area contributed by atoms with Gasteiger partial charge >= 0.3 is 0 Å². The molecule has 0 aromatic heterocycles. The van der Waals surface area contributed by atoms with Crippen molar-refractivity contribution in [2.45, 2.75) is 52.6 Å². The first-order valence-corrected chi connectivity index (χ1v) is 6.62. The molecule has 0 saturated heterocycles. The molecule has 0 atom stereocenters. The van der Waals surface area contributed by atoms with Crippen molar-refractivity contribution in [3.05, 3.63) is 34.9 Å². The van der Waals surface area contributed by atoms with Gasteiger partial charge < -0.3 is 10.4 Å². The summed E-state index contributed by atoms with van der Waals surface area (Å²) in [6.45, 7) is 11.8. The second-order valence-electron chi connectivity index (χ2n) is 6.44. The minimum Gasteiger partial charge on any atom is -0.381 e. The molecule has 0 radical (unpaired) electrons. The lowest BCUT2D eigenvalue weighted by atomic mass is 9.81. The summed E-state index contributed by atoms with van der Waals surface area (Å²) in [4.78, 5) is 11.7. The fraction of sp³-hybridized carbons (Fsp3) is 0.562. The minimum absolute atomic E-state index is 0.168. The molecular formula is C16H25NO2. The highest BCUT2D eigenvalue weighted by molar-refractivity contribution is 5.83. The fourth-order valence-electron chi connectivity index (χ4n) is 2.19. The zero-order valence-electron chi connectivity index (χ0n) is 12.8. The predicted octanol–water partition coefficient (Wildman–Crippen LogP) is 2.47. The molecule has 1 rings (SSSR count). The maximum Gasteiger partial charge on any atom is 0.251 e. The number of aryl methyl sites for hydroxylation is 2. The zero-order chi connectivity index (χ0) is 14.8. The van der Waals surface area contributed by atoms with Crippen molar-refractivity contribution in [3.8, 4) is 0 Å². The molecule has 0 spiro atoms. The smallest absolute Gasteiger partial charge is 0.251 e. The quantitative estimate of drug-likeness (QED) is 0.876. The summed E-state index contributed by atoms with van der Waals surface area (Å²) in [5, 5.41) is 12.4. The monoisotopic (exact) mass is 263 g/mol. The lowest BCUT2D eigenvalue weighted by molar-refractivity contribution is -0.136. The molecule has 0 saturated carbocycles. The Morgan fingerprint density at radius 2 is 1.79 bits per heavy atom. The third-order valence-corrected chi connectivity index (χ3v) is 3.36. The van der Waals surface area contributed by atoms with Crippen LogP contribution in [-0.4, -0.2) is 23.2 Å². The average Bonchev–Trinajstić information content (AvgIpc) is 2.24. The molecule has 0 aliphatic rings. The molecule has 1 amide bonds. The molecule has 3 heteroatoms. The van der Waals surface area contributed by atoms with Crippen molar-refractivity contribution in [1.29, 1.82) is 0 Å². The van der Waals surface area contributed by atoms with E-state index in [0.717, 1.165) is 0 Å². The first kappa shape index (κ1) is 15.7. The Labute approximate surface area is 116 Å². The van der Waals surface area contributed by atoms with Gasteiger partial charge in [-0.1, -0.05) is 37.6 Å². The van der Waals surface area contributed by atoms with Gasteiger partial charge in [-0.05, 0) is 38.8 Å². The number of nitrogens with one attached hydrogen (secondary N) is 1. The number of aliphatic hydroxyl groups is 1. The van der Waals surface area contributed by atoms with Crippen LogP contribution in [0.2, 0.25) is 0 Å². The van der Waals surface area contributed by atoms with Crippen LogP contribution in [0.3, 0.4) is 0 Å². The molecular weight excluding hydrogens is 238 g/mol. The molecule has 0 bridgehead atoms. The van der Waals surface area contributed by atoms with Crippen LogP contribution in [0.5, 0.6) is 0 Å². The topological polar surface area (TPSA) is 49.3 Å². The number of hydrogen-bond donors (Lipinski definition) is 2. The van der Waals surface area contributed by atoms with E-state index >= 15 is 0 Å². The normalized spacial score (nSPS) is 12.4. The van der Waals surface area contributed by atoms with Crippen LogP contribution < -0.4 is 5.32 Å². The van der Waals surface area contributed by atoms with Crippen molar-refractivity contribution in [3.63, 3.8) is 0 Å². The summed E-state index contributed by atoms with van der Waals surface area (Å²) in [6.07, 6.45) is 0. The molecule has 0 fully saturated rings. The lowest BCUT2D eigenvalue weighted by Crippen LogP contribution is -2.46. The summed E-state index contributed by atoms with van der Waals surface area (Å²) in [7, 11) is 0. The van der Waals surface area contributed by atoms with Crippen molar-refractivity contribution < 1.29 is 9.90 Å². The maximum atomic E-state index is 11.7. The van der Waals surface area contributed by atoms with Gasteiger partial charge in [-0.3, -0.25) is 4.79 Å². The highest BCUT2D eigenvalue weighted by Gasteiger charge is 2.28. The Bertz CT molecular complexity index is 470. The van der Waals surface area contributed by atoms with Crippen LogP contribution in [0.25, 0.3) is 0 Å². The third kappa shape index (κ3) is 4.06. The summed E-state index contributed by atoms with van der Waals surface area (Å²) < 4.78 is 0. The van der Waals surface area contributed by atoms with E-state index < -0.39 is 5.60 Å². The first-order valence-electron chi connectivity index (χ1n) is 6.62. The van der Waals surface area contributed by atoms with Gasteiger partial charge in [0.1, 0.15) is 5.60 Å². The van der Waals surface area contributed by atoms with Crippen molar-refractivity contribution in [2.75, 3.05) is 6.54 Å². The number of amides is 1. The number of hydrogen-bond acceptors (Lipinski definition) is 2. The molecule has 3 nitrogen and oxygen atoms in total. The second-order valence-corrected chi connectivity index (χ2v) is 6.44. The van der Waals surface area contributed by atoms with Gasteiger partial charge in [0.2, 0.25) is 0 Å². The Morgan fingerprint density at radius 3 is 2.26 bits per heavy atom. The van der Waals surface area contributed by atoms with Crippen LogP contribution in [0.15, 0.2) is 18.2 Å². The number of carbonyl (C=O) groups excluding carboxylic acids is 1. The lowest BCUT2D eigenvalue weighted by Gasteiger charge is -2.29. The van der Waals surface area contributed by atoms with E-state index in [9.17, 15) is 9.90 Å². The van der Waals surface area contributed by atoms with Gasteiger partial charge in [-0.2, -0.15) is 0 Å². The summed E-state index contributed by atoms with van der Waals surface area (Å²) >= 11 is 0. The van der Waals surface area contributed by atoms with E-state index in [1.807, 2.05) is 0 Å². The number of rotatable bonds is 4. The Hall–Kier alpha value is -1.35. The predicted molar refractivity (Wildman–Crippen MR) is 78.2 cm³/mol. The number of benzene rings is 1. The molecule has 1 aromatic carbocycles. The molecule has 1 aromatic rings. The number of carbonyl (C=O) groups is 1. The standard InChI is InChI=1S/C16H25NO2/c1-11-7-8-13(12(2)9-11)15(3,4)10-17-14(18)16(5,6)19/h7-9,19H,10H2,1-6H3,(H,17,18). The average molecular weight is 263 g/mol. The van der Waals surface area contributed by atoms with E-state index in [2.05, 4.69) is 51.2 Å². The van der Waals surface area contributed by atoms with E-state index in [1.165, 1.54) is 30.5 Å². The Morgan fingerprint density at radius 1 is 1.21 bits per heavy atom. The van der Waals surface area contributed by atoms with Crippen molar-refractivity contribution in [1.82, 2.24) is 5.32 Å². The van der Waals surface area contributed by atoms with Gasteiger partial charge in [0.25, 0.3) is 5.91 Å². The molecule has 0 aliphatic carbocycles. The molecule has 19 heavy (non-hydrogen) atoms. The Kier molecular flexibility index (Phi) is 4.41. The van der Waals surface area contributed by atoms with Crippen LogP contribution in [0.1, 0.15) is 44.4 Å². The highest BCUT2D eigenvalue weighted by atomic mass is 16.3. The molecule has 2 N–H and O–H groups in total. The van der Waals surface area contributed by atoms with Crippen LogP contribution in [0, 0.1) is 13.8 Å². The highest BCUT2D eigenvalue weighted by Crippen LogP contribution is 2.26. The summed E-state index contributed by atoms with van der Waals surface area (Å²) in [6, 6.07) is 6.34. The SMILES string of the molecule is Cc1ccc(C(C)(C)CNC(=O)C(C)(C)O)c(C)c1. The van der Waals surface area contributed by atoms with Crippen molar-refractivity contribution >= 4 is 5.91 Å². The zero-order valence-corrected chi connectivity index (χ0v) is 12.8. The summed E-state index contributed by atoms with van der Waals surface area (Å²) in [5.74, 6) is -0.342. The van der Waals surface area contributed by atoms with Gasteiger partial charge in [0, 0.05) is 12.0 Å². The van der Waals surface area contributed by atoms with Gasteiger partial charge in [0.15, 0.2) is 0 Å². The van der Waals surface area contributed by atoms with Crippen LogP contribution >= 0.6 is 0 Å². The van der Waals surface area contributed by atoms with E-state index in [1.54, 1.807) is 0 Å². The first-order chi connectivity index (χ1) is 8.54. The van der Waals surface area contributed by atoms with Crippen LogP contribution in [-0.2, 0) is 10.2 Å². The third-order valence-electron chi connectivity index (χ3n) is 3.36. The maximum absolute atomic E-state index is 11.7. The van der Waals surface area contributed by atoms with Gasteiger partial charge in [0.05, 0.1) is 0 Å². The fourth-order valence-corrected chi connectivity index (χ4v) is 2.19. The largest absolute Gasteiger partial charge is 0.381 e. The molecule has 0 unspecified atom stereocenters. The molecule has 106 valence electrons. The minimum atomic E-state index is -1.33. The molecule has 0 aliphatic heterocycles. The van der Waals surface area contributed by atoms with Crippen LogP contribution in [0.4, 0.5) is 0 Å². The molecule has 0 heterocycles. The summed E-state index contributed by atoms with van der Waals surface area (Å²) in [5.41, 5.74) is 2.17. The van der Waals surface area contributed by atoms with E-state index in [-0.39, 0.29) is 11.3 Å². The Balaban J connectivity index is 2.84. The van der Waals surface area contributed by atoms with Gasteiger partial charge in [-0.15, -0.1) is 0 Å².